The van der Waals surface area contributed by atoms with Crippen molar-refractivity contribution in [3.63, 3.8) is 0 Å². The number of nitrogen functional groups attached to an aromatic ring is 1. The van der Waals surface area contributed by atoms with Gasteiger partial charge < -0.3 is 30.4 Å². The molecule has 2 aromatic carbocycles. The van der Waals surface area contributed by atoms with Gasteiger partial charge in [0, 0.05) is 11.1 Å². The van der Waals surface area contributed by atoms with Crippen LogP contribution in [0.1, 0.15) is 31.8 Å². The van der Waals surface area contributed by atoms with Crippen molar-refractivity contribution in [2.75, 3.05) is 12.8 Å². The first-order valence-electron chi connectivity index (χ1n) is 9.22. The lowest BCUT2D eigenvalue weighted by molar-refractivity contribution is 0.0695. The molecule has 32 heavy (non-hydrogen) atoms. The van der Waals surface area contributed by atoms with Gasteiger partial charge in [-0.25, -0.2) is 9.59 Å². The number of pyridine rings is 1. The van der Waals surface area contributed by atoms with E-state index in [0.717, 1.165) is 5.56 Å². The monoisotopic (exact) mass is 458 g/mol. The molecule has 5 N–H and O–H groups in total. The number of ether oxygens (including phenoxy) is 2. The van der Waals surface area contributed by atoms with Gasteiger partial charge in [0.1, 0.15) is 35.1 Å². The molecule has 166 valence electrons. The van der Waals surface area contributed by atoms with Crippen LogP contribution in [0.25, 0.3) is 11.1 Å². The Kier molecular flexibility index (Phi) is 6.40. The van der Waals surface area contributed by atoms with Crippen LogP contribution in [-0.2, 0) is 6.61 Å². The lowest BCUT2D eigenvalue weighted by atomic mass is 9.94. The van der Waals surface area contributed by atoms with Crippen molar-refractivity contribution in [2.45, 2.75) is 13.5 Å². The molecular formula is C22H19ClN2O7. The molecule has 0 fully saturated rings. The van der Waals surface area contributed by atoms with Crippen molar-refractivity contribution in [3.8, 4) is 22.6 Å². The minimum atomic E-state index is -1.59. The number of nitrogens with two attached hydrogens (primary N) is 1. The number of aryl methyl sites for hydroxylation is 1. The van der Waals surface area contributed by atoms with E-state index in [1.54, 1.807) is 12.1 Å². The van der Waals surface area contributed by atoms with Gasteiger partial charge in [0.2, 0.25) is 0 Å². The van der Waals surface area contributed by atoms with Gasteiger partial charge in [0.15, 0.2) is 0 Å². The van der Waals surface area contributed by atoms with Crippen LogP contribution in [0, 0.1) is 6.92 Å². The number of hydrogen-bond donors (Lipinski definition) is 4. The summed E-state index contributed by atoms with van der Waals surface area (Å²) in [6.07, 6.45) is 0. The normalized spacial score (nSPS) is 10.6. The zero-order valence-corrected chi connectivity index (χ0v) is 17.8. The van der Waals surface area contributed by atoms with Gasteiger partial charge >= 0.3 is 11.9 Å². The summed E-state index contributed by atoms with van der Waals surface area (Å²) in [4.78, 5) is 37.9. The Morgan fingerprint density at radius 2 is 1.72 bits per heavy atom. The summed E-state index contributed by atoms with van der Waals surface area (Å²) in [6, 6.07) is 9.70. The molecule has 3 rings (SSSR count). The van der Waals surface area contributed by atoms with Crippen LogP contribution in [0.5, 0.6) is 11.5 Å². The van der Waals surface area contributed by atoms with E-state index < -0.39 is 34.4 Å². The summed E-state index contributed by atoms with van der Waals surface area (Å²) in [5.41, 5.74) is 4.66. The van der Waals surface area contributed by atoms with Crippen LogP contribution in [0.3, 0.4) is 0 Å². The highest BCUT2D eigenvalue weighted by atomic mass is 35.5. The number of carboxylic acid groups (broad SMARTS) is 2. The Morgan fingerprint density at radius 3 is 2.31 bits per heavy atom. The van der Waals surface area contributed by atoms with Crippen LogP contribution in [0.15, 0.2) is 41.2 Å². The van der Waals surface area contributed by atoms with E-state index in [0.29, 0.717) is 22.1 Å². The molecule has 0 spiro atoms. The number of aromatic amines is 1. The highest BCUT2D eigenvalue weighted by Crippen LogP contribution is 2.34. The van der Waals surface area contributed by atoms with Crippen LogP contribution in [0.2, 0.25) is 5.02 Å². The fourth-order valence-corrected chi connectivity index (χ4v) is 3.55. The fraction of sp³-hybridized carbons (Fsp3) is 0.136. The zero-order valence-electron chi connectivity index (χ0n) is 17.1. The molecule has 0 saturated carbocycles. The molecule has 0 aliphatic rings. The Hall–Kier alpha value is -3.98. The topological polar surface area (TPSA) is 152 Å². The second kappa shape index (κ2) is 9.03. The van der Waals surface area contributed by atoms with Gasteiger partial charge in [-0.15, -0.1) is 0 Å². The number of hydrogen-bond acceptors (Lipinski definition) is 6. The van der Waals surface area contributed by atoms with E-state index in [9.17, 15) is 24.6 Å². The number of aromatic nitrogens is 1. The number of H-pyrrole nitrogens is 1. The van der Waals surface area contributed by atoms with Crippen LogP contribution < -0.4 is 20.8 Å². The number of methoxy groups -OCH3 is 1. The van der Waals surface area contributed by atoms with Crippen molar-refractivity contribution < 1.29 is 29.3 Å². The van der Waals surface area contributed by atoms with Gasteiger partial charge in [-0.05, 0) is 42.3 Å². The van der Waals surface area contributed by atoms with E-state index >= 15 is 0 Å². The maximum Gasteiger partial charge on any atom is 0.342 e. The number of rotatable bonds is 7. The van der Waals surface area contributed by atoms with Gasteiger partial charge in [0.25, 0.3) is 5.56 Å². The van der Waals surface area contributed by atoms with Crippen molar-refractivity contribution in [3.05, 3.63) is 74.0 Å². The fourth-order valence-electron chi connectivity index (χ4n) is 3.26. The highest BCUT2D eigenvalue weighted by molar-refractivity contribution is 6.32. The lowest BCUT2D eigenvalue weighted by Crippen LogP contribution is -2.24. The molecule has 10 heteroatoms. The zero-order chi connectivity index (χ0) is 23.6. The predicted octanol–water partition coefficient (Wildman–Crippen LogP) is 3.57. The third kappa shape index (κ3) is 4.37. The molecule has 0 saturated heterocycles. The smallest absolute Gasteiger partial charge is 0.342 e. The molecule has 9 nitrogen and oxygen atoms in total. The molecular weight excluding hydrogens is 440 g/mol. The maximum absolute atomic E-state index is 12.3. The summed E-state index contributed by atoms with van der Waals surface area (Å²) in [5, 5.41) is 19.6. The number of halogens is 1. The number of carbonyl (C=O) groups is 2. The molecule has 0 aliphatic carbocycles. The van der Waals surface area contributed by atoms with Crippen LogP contribution >= 0.6 is 11.6 Å². The molecule has 3 aromatic rings. The predicted molar refractivity (Wildman–Crippen MR) is 118 cm³/mol. The summed E-state index contributed by atoms with van der Waals surface area (Å²) >= 11 is 6.20. The number of benzene rings is 2. The molecule has 1 heterocycles. The number of carboxylic acids is 2. The first-order chi connectivity index (χ1) is 15.1. The van der Waals surface area contributed by atoms with Crippen molar-refractivity contribution in [1.29, 1.82) is 0 Å². The number of anilines is 1. The average molecular weight is 459 g/mol. The Balaban J connectivity index is 2.15. The first kappa shape index (κ1) is 22.7. The first-order valence-corrected chi connectivity index (χ1v) is 9.60. The molecule has 0 bridgehead atoms. The standard InChI is InChI=1S/C22H19ClN2O7/c1-10-3-5-15(13(23)7-10)32-9-12-8-11(4-6-14(12)31-2)16-17(21(27)28)19(24)25-20(26)18(16)22(29)30/h3-8H,9H2,1-2H3,(H,27,28)(H,29,30)(H3,24,25,26). The minimum Gasteiger partial charge on any atom is -0.496 e. The summed E-state index contributed by atoms with van der Waals surface area (Å²) in [7, 11) is 1.44. The number of nitrogens with one attached hydrogen (secondary N) is 1. The summed E-state index contributed by atoms with van der Waals surface area (Å²) < 4.78 is 11.1. The largest absolute Gasteiger partial charge is 0.496 e. The summed E-state index contributed by atoms with van der Waals surface area (Å²) in [5.74, 6) is -2.71. The van der Waals surface area contributed by atoms with E-state index in [1.807, 2.05) is 13.0 Å². The van der Waals surface area contributed by atoms with Gasteiger partial charge in [-0.2, -0.15) is 0 Å². The van der Waals surface area contributed by atoms with Gasteiger partial charge in [0.05, 0.1) is 12.1 Å². The Bertz CT molecular complexity index is 1280. The van der Waals surface area contributed by atoms with Crippen molar-refractivity contribution in [1.82, 2.24) is 4.98 Å². The van der Waals surface area contributed by atoms with Crippen LogP contribution in [-0.4, -0.2) is 34.2 Å². The third-order valence-corrected chi connectivity index (χ3v) is 5.01. The molecule has 0 radical (unpaired) electrons. The molecule has 0 atom stereocenters. The van der Waals surface area contributed by atoms with Crippen LogP contribution in [0.4, 0.5) is 5.82 Å². The summed E-state index contributed by atoms with van der Waals surface area (Å²) in [6.45, 7) is 1.86. The van der Waals surface area contributed by atoms with E-state index in [-0.39, 0.29) is 17.7 Å². The SMILES string of the molecule is COc1ccc(-c2c(C(=O)O)c(N)[nH]c(=O)c2C(=O)O)cc1COc1ccc(C)cc1Cl. The average Bonchev–Trinajstić information content (AvgIpc) is 2.71. The second-order valence-corrected chi connectivity index (χ2v) is 7.26. The highest BCUT2D eigenvalue weighted by Gasteiger charge is 2.27. The van der Waals surface area contributed by atoms with Gasteiger partial charge in [-0.1, -0.05) is 23.7 Å². The Labute approximate surface area is 187 Å². The number of aromatic carboxylic acids is 2. The van der Waals surface area contributed by atoms with Gasteiger partial charge in [-0.3, -0.25) is 4.79 Å². The second-order valence-electron chi connectivity index (χ2n) is 6.85. The maximum atomic E-state index is 12.3. The molecule has 1 aromatic heterocycles. The van der Waals surface area contributed by atoms with E-state index in [4.69, 9.17) is 26.8 Å². The quantitative estimate of drug-likeness (QED) is 0.419. The van der Waals surface area contributed by atoms with E-state index in [2.05, 4.69) is 4.98 Å². The molecule has 0 amide bonds. The Morgan fingerprint density at radius 1 is 1.06 bits per heavy atom. The third-order valence-electron chi connectivity index (χ3n) is 4.71. The molecule has 0 aliphatic heterocycles. The molecule has 0 unspecified atom stereocenters. The minimum absolute atomic E-state index is 0.0245. The van der Waals surface area contributed by atoms with E-state index in [1.165, 1.54) is 25.3 Å². The lowest BCUT2D eigenvalue weighted by Gasteiger charge is -2.16. The van der Waals surface area contributed by atoms with Crippen molar-refractivity contribution in [2.24, 2.45) is 0 Å². The van der Waals surface area contributed by atoms with Crippen molar-refractivity contribution >= 4 is 29.4 Å².